The van der Waals surface area contributed by atoms with Crippen LogP contribution in [0.25, 0.3) is 0 Å². The summed E-state index contributed by atoms with van der Waals surface area (Å²) in [6.45, 7) is 1.91. The third-order valence-corrected chi connectivity index (χ3v) is 3.11. The lowest BCUT2D eigenvalue weighted by Gasteiger charge is -2.16. The zero-order chi connectivity index (χ0) is 10.8. The van der Waals surface area contributed by atoms with E-state index >= 15 is 0 Å². The van der Waals surface area contributed by atoms with Crippen LogP contribution < -0.4 is 11.3 Å². The molecule has 1 aliphatic heterocycles. The molecule has 3 N–H and O–H groups in total. The molecule has 6 heteroatoms. The van der Waals surface area contributed by atoms with Crippen molar-refractivity contribution in [2.75, 3.05) is 0 Å². The minimum absolute atomic E-state index is 0.124. The molecule has 2 rings (SSSR count). The van der Waals surface area contributed by atoms with Gasteiger partial charge in [0.1, 0.15) is 5.83 Å². The van der Waals surface area contributed by atoms with Gasteiger partial charge >= 0.3 is 0 Å². The van der Waals surface area contributed by atoms with Crippen LogP contribution in [0.3, 0.4) is 0 Å². The largest absolute Gasteiger partial charge is 0.269 e. The Labute approximate surface area is 90.8 Å². The number of halogens is 1. The second kappa shape index (κ2) is 4.18. The van der Waals surface area contributed by atoms with Gasteiger partial charge in [0.15, 0.2) is 6.17 Å². The average molecular weight is 226 g/mol. The van der Waals surface area contributed by atoms with Crippen molar-refractivity contribution in [1.82, 2.24) is 9.80 Å². The number of aromatic nitrogens is 1. The third kappa shape index (κ3) is 2.11. The van der Waals surface area contributed by atoms with Crippen molar-refractivity contribution in [1.29, 1.82) is 0 Å². The molecule has 0 saturated heterocycles. The number of hydrogen-bond acceptors (Lipinski definition) is 5. The molecule has 4 nitrogen and oxygen atoms in total. The van der Waals surface area contributed by atoms with Crippen LogP contribution in [0.15, 0.2) is 23.0 Å². The molecule has 0 fully saturated rings. The van der Waals surface area contributed by atoms with Gasteiger partial charge in [0.2, 0.25) is 0 Å². The third-order valence-electron chi connectivity index (χ3n) is 2.13. The molecule has 2 atom stereocenters. The minimum Gasteiger partial charge on any atom is -0.269 e. The number of hydrazine groups is 1. The van der Waals surface area contributed by atoms with E-state index in [2.05, 4.69) is 14.8 Å². The summed E-state index contributed by atoms with van der Waals surface area (Å²) in [5.74, 6) is 4.65. The van der Waals surface area contributed by atoms with Crippen molar-refractivity contribution in [3.63, 3.8) is 0 Å². The maximum atomic E-state index is 13.4. The highest BCUT2D eigenvalue weighted by Crippen LogP contribution is 2.26. The molecule has 0 aliphatic carbocycles. The maximum absolute atomic E-state index is 13.4. The fourth-order valence-electron chi connectivity index (χ4n) is 1.37. The fourth-order valence-corrected chi connectivity index (χ4v) is 2.15. The molecule has 2 unspecified atom stereocenters. The molecule has 0 amide bonds. The van der Waals surface area contributed by atoms with Gasteiger partial charge < -0.3 is 0 Å². The summed E-state index contributed by atoms with van der Waals surface area (Å²) < 4.78 is 17.5. The molecule has 0 saturated carbocycles. The van der Waals surface area contributed by atoms with Crippen LogP contribution in [0.1, 0.15) is 16.5 Å². The molecule has 1 aliphatic rings. The Bertz CT molecular complexity index is 412. The molecule has 0 aromatic carbocycles. The van der Waals surface area contributed by atoms with Crippen molar-refractivity contribution in [2.45, 2.75) is 19.0 Å². The van der Waals surface area contributed by atoms with E-state index in [4.69, 9.17) is 5.84 Å². The molecule has 15 heavy (non-hydrogen) atoms. The van der Waals surface area contributed by atoms with E-state index in [-0.39, 0.29) is 11.7 Å². The van der Waals surface area contributed by atoms with Crippen LogP contribution in [-0.2, 0) is 0 Å². The number of aliphatic imine (C=N–C) groups is 1. The van der Waals surface area contributed by atoms with Gasteiger partial charge in [-0.15, -0.1) is 0 Å². The van der Waals surface area contributed by atoms with Gasteiger partial charge in [0.25, 0.3) is 0 Å². The summed E-state index contributed by atoms with van der Waals surface area (Å²) in [7, 11) is 0. The van der Waals surface area contributed by atoms with Crippen molar-refractivity contribution < 1.29 is 4.39 Å². The van der Waals surface area contributed by atoms with Crippen LogP contribution in [0.5, 0.6) is 0 Å². The first-order chi connectivity index (χ1) is 7.20. The molecule has 0 radical (unpaired) electrons. The number of nitrogens with zero attached hydrogens (tertiary/aromatic N) is 2. The predicted octanol–water partition coefficient (Wildman–Crippen LogP) is 1.26. The summed E-state index contributed by atoms with van der Waals surface area (Å²) in [6, 6.07) is 1.93. The molecule has 1 aromatic heterocycles. The van der Waals surface area contributed by atoms with Crippen LogP contribution in [0.4, 0.5) is 4.39 Å². The summed E-state index contributed by atoms with van der Waals surface area (Å²) in [6.07, 6.45) is 2.45. The number of allylic oxidation sites excluding steroid dienone is 1. The van der Waals surface area contributed by atoms with Gasteiger partial charge in [-0.3, -0.25) is 10.8 Å². The van der Waals surface area contributed by atoms with Crippen molar-refractivity contribution in [2.24, 2.45) is 10.8 Å². The van der Waals surface area contributed by atoms with E-state index < -0.39 is 6.17 Å². The normalized spacial score (nSPS) is 25.4. The summed E-state index contributed by atoms with van der Waals surface area (Å²) >= 11 is 1.36. The zero-order valence-electron chi connectivity index (χ0n) is 8.14. The van der Waals surface area contributed by atoms with Gasteiger partial charge in [-0.05, 0) is 30.6 Å². The van der Waals surface area contributed by atoms with Crippen LogP contribution >= 0.6 is 11.5 Å². The Morgan fingerprint density at radius 2 is 2.40 bits per heavy atom. The maximum Gasteiger partial charge on any atom is 0.163 e. The van der Waals surface area contributed by atoms with E-state index in [1.54, 1.807) is 6.21 Å². The van der Waals surface area contributed by atoms with Crippen molar-refractivity contribution >= 4 is 17.7 Å². The molecule has 1 aromatic rings. The molecule has 0 spiro atoms. The summed E-state index contributed by atoms with van der Waals surface area (Å²) in [5, 5.41) is 0. The standard InChI is InChI=1S/C9H11FN4S/c1-5-2-8(15-14-5)6-3-7(10)9(13-11)12-4-6/h2-4,6,9,13H,11H2,1H3. The minimum atomic E-state index is -0.740. The number of aryl methyl sites for hydroxylation is 1. The van der Waals surface area contributed by atoms with Crippen LogP contribution in [-0.4, -0.2) is 16.8 Å². The lowest BCUT2D eigenvalue weighted by atomic mass is 10.1. The van der Waals surface area contributed by atoms with E-state index in [1.807, 2.05) is 13.0 Å². The fraction of sp³-hybridized carbons (Fsp3) is 0.333. The number of hydrogen-bond donors (Lipinski definition) is 2. The summed E-state index contributed by atoms with van der Waals surface area (Å²) in [4.78, 5) is 4.96. The zero-order valence-corrected chi connectivity index (χ0v) is 8.96. The van der Waals surface area contributed by atoms with E-state index in [0.717, 1.165) is 10.6 Å². The molecule has 2 heterocycles. The Morgan fingerprint density at radius 3 is 2.93 bits per heavy atom. The van der Waals surface area contributed by atoms with Gasteiger partial charge in [-0.1, -0.05) is 0 Å². The first kappa shape index (κ1) is 10.4. The molecule has 0 bridgehead atoms. The first-order valence-corrected chi connectivity index (χ1v) is 5.28. The van der Waals surface area contributed by atoms with Crippen molar-refractivity contribution in [3.05, 3.63) is 28.5 Å². The highest BCUT2D eigenvalue weighted by atomic mass is 32.1. The average Bonchev–Trinajstić information content (AvgIpc) is 2.65. The number of dihydropyridines is 1. The highest BCUT2D eigenvalue weighted by molar-refractivity contribution is 7.06. The van der Waals surface area contributed by atoms with E-state index in [9.17, 15) is 4.39 Å². The van der Waals surface area contributed by atoms with Gasteiger partial charge in [-0.2, -0.15) is 4.37 Å². The lowest BCUT2D eigenvalue weighted by Crippen LogP contribution is -2.35. The Hall–Kier alpha value is -1.11. The first-order valence-electron chi connectivity index (χ1n) is 4.50. The smallest absolute Gasteiger partial charge is 0.163 e. The van der Waals surface area contributed by atoms with Crippen LogP contribution in [0, 0.1) is 6.92 Å². The second-order valence-electron chi connectivity index (χ2n) is 3.32. The quantitative estimate of drug-likeness (QED) is 0.589. The molecule has 80 valence electrons. The Morgan fingerprint density at radius 1 is 1.60 bits per heavy atom. The topological polar surface area (TPSA) is 63.3 Å². The van der Waals surface area contributed by atoms with Gasteiger partial charge in [0, 0.05) is 11.1 Å². The Kier molecular flexibility index (Phi) is 2.90. The van der Waals surface area contributed by atoms with Gasteiger partial charge in [-0.25, -0.2) is 9.82 Å². The number of nitrogens with two attached hydrogens (primary N) is 1. The SMILES string of the molecule is Cc1cc(C2C=NC(NN)C(F)=C2)sn1. The summed E-state index contributed by atoms with van der Waals surface area (Å²) in [5.41, 5.74) is 3.22. The number of nitrogens with one attached hydrogen (secondary N) is 1. The number of rotatable bonds is 2. The van der Waals surface area contributed by atoms with E-state index in [0.29, 0.717) is 0 Å². The molecular weight excluding hydrogens is 215 g/mol. The lowest BCUT2D eigenvalue weighted by molar-refractivity contribution is 0.476. The highest BCUT2D eigenvalue weighted by Gasteiger charge is 2.20. The van der Waals surface area contributed by atoms with Gasteiger partial charge in [0.05, 0.1) is 11.6 Å². The van der Waals surface area contributed by atoms with E-state index in [1.165, 1.54) is 17.6 Å². The second-order valence-corrected chi connectivity index (χ2v) is 4.15. The Balaban J connectivity index is 2.21. The van der Waals surface area contributed by atoms with Crippen molar-refractivity contribution in [3.8, 4) is 0 Å². The monoisotopic (exact) mass is 226 g/mol. The van der Waals surface area contributed by atoms with Crippen LogP contribution in [0.2, 0.25) is 0 Å². The molecular formula is C9H11FN4S. The predicted molar refractivity (Wildman–Crippen MR) is 58.4 cm³/mol.